The lowest BCUT2D eigenvalue weighted by Crippen LogP contribution is -2.40. The van der Waals surface area contributed by atoms with Crippen molar-refractivity contribution in [2.45, 2.75) is 32.6 Å². The highest BCUT2D eigenvalue weighted by molar-refractivity contribution is 5.99. The van der Waals surface area contributed by atoms with E-state index < -0.39 is 5.91 Å². The van der Waals surface area contributed by atoms with E-state index in [1.165, 1.54) is 18.9 Å². The Kier molecular flexibility index (Phi) is 8.23. The SMILES string of the molecule is CCCCCCOc1ccc(C(=O)NNC(=O)/C=C/c2cccc3ccccc23)cc1. The third kappa shape index (κ3) is 6.71. The zero-order valence-electron chi connectivity index (χ0n) is 17.8. The number of hydrogen-bond acceptors (Lipinski definition) is 3. The van der Waals surface area contributed by atoms with Crippen LogP contribution in [0.3, 0.4) is 0 Å². The monoisotopic (exact) mass is 416 g/mol. The fourth-order valence-electron chi connectivity index (χ4n) is 3.21. The van der Waals surface area contributed by atoms with Crippen molar-refractivity contribution in [3.8, 4) is 5.75 Å². The first kappa shape index (κ1) is 22.1. The third-order valence-electron chi connectivity index (χ3n) is 4.92. The highest BCUT2D eigenvalue weighted by Crippen LogP contribution is 2.19. The molecule has 2 amide bonds. The third-order valence-corrected chi connectivity index (χ3v) is 4.92. The van der Waals surface area contributed by atoms with Crippen LogP contribution in [-0.2, 0) is 4.79 Å². The van der Waals surface area contributed by atoms with Gasteiger partial charge in [-0.25, -0.2) is 0 Å². The van der Waals surface area contributed by atoms with Gasteiger partial charge in [0.05, 0.1) is 6.61 Å². The quantitative estimate of drug-likeness (QED) is 0.284. The molecule has 0 aliphatic heterocycles. The molecule has 160 valence electrons. The lowest BCUT2D eigenvalue weighted by Gasteiger charge is -2.08. The molecule has 31 heavy (non-hydrogen) atoms. The van der Waals surface area contributed by atoms with Crippen LogP contribution in [0.25, 0.3) is 16.8 Å². The van der Waals surface area contributed by atoms with Gasteiger partial charge >= 0.3 is 0 Å². The molecule has 0 fully saturated rings. The number of rotatable bonds is 9. The van der Waals surface area contributed by atoms with Crippen molar-refractivity contribution in [2.24, 2.45) is 0 Å². The smallest absolute Gasteiger partial charge is 0.269 e. The minimum absolute atomic E-state index is 0.388. The topological polar surface area (TPSA) is 67.4 Å². The maximum atomic E-state index is 12.3. The molecule has 5 nitrogen and oxygen atoms in total. The van der Waals surface area contributed by atoms with Gasteiger partial charge in [-0.15, -0.1) is 0 Å². The molecular weight excluding hydrogens is 388 g/mol. The summed E-state index contributed by atoms with van der Waals surface area (Å²) in [7, 11) is 0. The predicted molar refractivity (Wildman–Crippen MR) is 125 cm³/mol. The number of hydrogen-bond donors (Lipinski definition) is 2. The minimum Gasteiger partial charge on any atom is -0.494 e. The molecule has 3 aromatic rings. The van der Waals surface area contributed by atoms with E-state index in [-0.39, 0.29) is 5.91 Å². The Morgan fingerprint density at radius 1 is 0.871 bits per heavy atom. The van der Waals surface area contributed by atoms with Gasteiger partial charge in [-0.2, -0.15) is 0 Å². The number of ether oxygens (including phenoxy) is 1. The molecule has 0 spiro atoms. The van der Waals surface area contributed by atoms with Crippen LogP contribution in [0.15, 0.2) is 72.8 Å². The van der Waals surface area contributed by atoms with Gasteiger partial charge in [0, 0.05) is 11.6 Å². The Bertz CT molecular complexity index is 1040. The maximum Gasteiger partial charge on any atom is 0.269 e. The van der Waals surface area contributed by atoms with E-state index in [9.17, 15) is 9.59 Å². The van der Waals surface area contributed by atoms with Crippen LogP contribution in [0.2, 0.25) is 0 Å². The molecule has 2 N–H and O–H groups in total. The number of unbranched alkanes of at least 4 members (excludes halogenated alkanes) is 3. The van der Waals surface area contributed by atoms with E-state index in [1.807, 2.05) is 42.5 Å². The van der Waals surface area contributed by atoms with Crippen molar-refractivity contribution in [3.05, 3.63) is 83.9 Å². The lowest BCUT2D eigenvalue weighted by molar-refractivity contribution is -0.117. The van der Waals surface area contributed by atoms with Gasteiger partial charge in [0.25, 0.3) is 11.8 Å². The van der Waals surface area contributed by atoms with Crippen LogP contribution in [0, 0.1) is 0 Å². The highest BCUT2D eigenvalue weighted by Gasteiger charge is 2.06. The number of amides is 2. The lowest BCUT2D eigenvalue weighted by atomic mass is 10.0. The van der Waals surface area contributed by atoms with E-state index in [0.717, 1.165) is 34.9 Å². The van der Waals surface area contributed by atoms with Crippen LogP contribution in [-0.4, -0.2) is 18.4 Å². The highest BCUT2D eigenvalue weighted by atomic mass is 16.5. The number of nitrogens with one attached hydrogen (secondary N) is 2. The number of carbonyl (C=O) groups excluding carboxylic acids is 2. The molecule has 0 unspecified atom stereocenters. The summed E-state index contributed by atoms with van der Waals surface area (Å²) in [5, 5.41) is 2.16. The molecule has 0 aromatic heterocycles. The fourth-order valence-corrected chi connectivity index (χ4v) is 3.21. The van der Waals surface area contributed by atoms with Crippen molar-refractivity contribution >= 4 is 28.7 Å². The molecule has 0 bridgehead atoms. The second-order valence-electron chi connectivity index (χ2n) is 7.28. The molecule has 0 saturated carbocycles. The normalized spacial score (nSPS) is 10.9. The minimum atomic E-state index is -0.409. The molecule has 0 atom stereocenters. The first-order valence-electron chi connectivity index (χ1n) is 10.7. The Morgan fingerprint density at radius 2 is 1.65 bits per heavy atom. The average molecular weight is 417 g/mol. The van der Waals surface area contributed by atoms with E-state index in [1.54, 1.807) is 30.3 Å². The van der Waals surface area contributed by atoms with E-state index in [2.05, 4.69) is 17.8 Å². The van der Waals surface area contributed by atoms with E-state index in [0.29, 0.717) is 12.2 Å². The van der Waals surface area contributed by atoms with Gasteiger partial charge in [0.2, 0.25) is 0 Å². The Balaban J connectivity index is 1.47. The summed E-state index contributed by atoms with van der Waals surface area (Å²) in [6, 6.07) is 20.8. The number of hydrazine groups is 1. The zero-order chi connectivity index (χ0) is 21.9. The molecule has 0 aliphatic rings. The standard InChI is InChI=1S/C26H28N2O3/c1-2-3-4-7-19-31-23-16-13-22(14-17-23)26(30)28-27-25(29)18-15-21-11-8-10-20-9-5-6-12-24(20)21/h5-6,8-18H,2-4,7,19H2,1H3,(H,27,29)(H,28,30)/b18-15+. The Hall–Kier alpha value is -3.60. The van der Waals surface area contributed by atoms with Gasteiger partial charge in [0.1, 0.15) is 5.75 Å². The molecule has 5 heteroatoms. The second kappa shape index (κ2) is 11.6. The summed E-state index contributed by atoms with van der Waals surface area (Å²) < 4.78 is 5.68. The average Bonchev–Trinajstić information content (AvgIpc) is 2.81. The van der Waals surface area contributed by atoms with E-state index in [4.69, 9.17) is 4.74 Å². The molecule has 3 aromatic carbocycles. The van der Waals surface area contributed by atoms with Gasteiger partial charge in [0.15, 0.2) is 0 Å². The summed E-state index contributed by atoms with van der Waals surface area (Å²) >= 11 is 0. The van der Waals surface area contributed by atoms with Crippen LogP contribution in [0.1, 0.15) is 48.5 Å². The van der Waals surface area contributed by atoms with Crippen molar-refractivity contribution in [3.63, 3.8) is 0 Å². The van der Waals surface area contributed by atoms with Gasteiger partial charge in [-0.3, -0.25) is 20.4 Å². The van der Waals surface area contributed by atoms with Gasteiger partial charge in [-0.05, 0) is 53.1 Å². The fraction of sp³-hybridized carbons (Fsp3) is 0.231. The number of carbonyl (C=O) groups is 2. The first-order chi connectivity index (χ1) is 15.2. The predicted octanol–water partition coefficient (Wildman–Crippen LogP) is 5.27. The number of fused-ring (bicyclic) bond motifs is 1. The Labute approximate surface area is 183 Å². The van der Waals surface area contributed by atoms with Crippen LogP contribution >= 0.6 is 0 Å². The van der Waals surface area contributed by atoms with Gasteiger partial charge in [-0.1, -0.05) is 68.7 Å². The molecule has 3 rings (SSSR count). The van der Waals surface area contributed by atoms with Crippen molar-refractivity contribution in [2.75, 3.05) is 6.61 Å². The summed E-state index contributed by atoms with van der Waals surface area (Å²) in [5.74, 6) is -0.0650. The summed E-state index contributed by atoms with van der Waals surface area (Å²) in [6.45, 7) is 2.85. The largest absolute Gasteiger partial charge is 0.494 e. The van der Waals surface area contributed by atoms with Crippen molar-refractivity contribution in [1.82, 2.24) is 10.9 Å². The van der Waals surface area contributed by atoms with E-state index >= 15 is 0 Å². The van der Waals surface area contributed by atoms with Crippen LogP contribution in [0.4, 0.5) is 0 Å². The van der Waals surface area contributed by atoms with Crippen LogP contribution < -0.4 is 15.6 Å². The van der Waals surface area contributed by atoms with Crippen molar-refractivity contribution < 1.29 is 14.3 Å². The zero-order valence-corrected chi connectivity index (χ0v) is 17.8. The number of benzene rings is 3. The molecule has 0 heterocycles. The summed E-state index contributed by atoms with van der Waals surface area (Å²) in [4.78, 5) is 24.4. The molecule has 0 saturated heterocycles. The van der Waals surface area contributed by atoms with Gasteiger partial charge < -0.3 is 4.74 Å². The summed E-state index contributed by atoms with van der Waals surface area (Å²) in [5.41, 5.74) is 6.21. The first-order valence-corrected chi connectivity index (χ1v) is 10.7. The maximum absolute atomic E-state index is 12.3. The molecular formula is C26H28N2O3. The second-order valence-corrected chi connectivity index (χ2v) is 7.28. The molecule has 0 radical (unpaired) electrons. The van der Waals surface area contributed by atoms with Crippen molar-refractivity contribution in [1.29, 1.82) is 0 Å². The Morgan fingerprint density at radius 3 is 2.45 bits per heavy atom. The molecule has 0 aliphatic carbocycles. The van der Waals surface area contributed by atoms with Crippen LogP contribution in [0.5, 0.6) is 5.75 Å². The summed E-state index contributed by atoms with van der Waals surface area (Å²) in [6.07, 6.45) is 7.72.